The molecule has 1 aromatic rings. The number of hydrogen-bond donors (Lipinski definition) is 2. The molecule has 15 heavy (non-hydrogen) atoms. The maximum absolute atomic E-state index is 10.9. The van der Waals surface area contributed by atoms with Crippen molar-refractivity contribution >= 4 is 23.4 Å². The molecule has 0 aliphatic rings. The number of nitrogens with two attached hydrogens (primary N) is 1. The van der Waals surface area contributed by atoms with Crippen LogP contribution in [0.4, 0.5) is 0 Å². The molecule has 5 heteroatoms. The lowest BCUT2D eigenvalue weighted by Crippen LogP contribution is -2.23. The molecular formula is C10H11ClN2O2. The standard InChI is InChI=1S/C10H11ClN2O2/c11-5-9(14)13-6-7-2-1-3-8(4-7)10(12)15/h1-4H,5-6H2,(H2,12,15)(H,13,14). The number of amides is 2. The number of halogens is 1. The van der Waals surface area contributed by atoms with Gasteiger partial charge < -0.3 is 11.1 Å². The van der Waals surface area contributed by atoms with Gasteiger partial charge in [0.2, 0.25) is 11.8 Å². The van der Waals surface area contributed by atoms with Gasteiger partial charge in [0.05, 0.1) is 0 Å². The first-order chi connectivity index (χ1) is 7.13. The first-order valence-electron chi connectivity index (χ1n) is 4.35. The van der Waals surface area contributed by atoms with E-state index in [1.807, 2.05) is 0 Å². The van der Waals surface area contributed by atoms with Crippen molar-refractivity contribution < 1.29 is 9.59 Å². The van der Waals surface area contributed by atoms with Gasteiger partial charge in [-0.15, -0.1) is 11.6 Å². The number of carbonyl (C=O) groups excluding carboxylic acids is 2. The molecule has 0 radical (unpaired) electrons. The molecule has 3 N–H and O–H groups in total. The normalized spacial score (nSPS) is 9.67. The van der Waals surface area contributed by atoms with E-state index in [4.69, 9.17) is 17.3 Å². The van der Waals surface area contributed by atoms with E-state index in [0.29, 0.717) is 12.1 Å². The van der Waals surface area contributed by atoms with E-state index in [-0.39, 0.29) is 11.8 Å². The Morgan fingerprint density at radius 1 is 1.40 bits per heavy atom. The molecule has 0 saturated heterocycles. The zero-order valence-electron chi connectivity index (χ0n) is 8.00. The lowest BCUT2D eigenvalue weighted by Gasteiger charge is -2.04. The molecule has 1 rings (SSSR count). The minimum absolute atomic E-state index is 0.0739. The highest BCUT2D eigenvalue weighted by Crippen LogP contribution is 2.04. The lowest BCUT2D eigenvalue weighted by atomic mass is 10.1. The Labute approximate surface area is 92.4 Å². The van der Waals surface area contributed by atoms with Crippen molar-refractivity contribution in [2.24, 2.45) is 5.73 Å². The monoisotopic (exact) mass is 226 g/mol. The Morgan fingerprint density at radius 2 is 2.13 bits per heavy atom. The second-order valence-corrected chi connectivity index (χ2v) is 3.24. The van der Waals surface area contributed by atoms with Gasteiger partial charge in [-0.25, -0.2) is 0 Å². The van der Waals surface area contributed by atoms with E-state index >= 15 is 0 Å². The average molecular weight is 227 g/mol. The number of nitrogens with one attached hydrogen (secondary N) is 1. The average Bonchev–Trinajstić information content (AvgIpc) is 2.26. The molecule has 0 unspecified atom stereocenters. The Bertz CT molecular complexity index is 379. The van der Waals surface area contributed by atoms with Crippen LogP contribution in [0.15, 0.2) is 24.3 Å². The summed E-state index contributed by atoms with van der Waals surface area (Å²) in [7, 11) is 0. The maximum atomic E-state index is 10.9. The quantitative estimate of drug-likeness (QED) is 0.740. The summed E-state index contributed by atoms with van der Waals surface area (Å²) in [4.78, 5) is 21.7. The van der Waals surface area contributed by atoms with Crippen molar-refractivity contribution in [1.29, 1.82) is 0 Å². The van der Waals surface area contributed by atoms with Crippen LogP contribution in [0, 0.1) is 0 Å². The Morgan fingerprint density at radius 3 is 2.73 bits per heavy atom. The molecule has 2 amide bonds. The van der Waals surface area contributed by atoms with Gasteiger partial charge >= 0.3 is 0 Å². The van der Waals surface area contributed by atoms with Crippen LogP contribution in [0.3, 0.4) is 0 Å². The highest BCUT2D eigenvalue weighted by molar-refractivity contribution is 6.27. The smallest absolute Gasteiger partial charge is 0.248 e. The van der Waals surface area contributed by atoms with Gasteiger partial charge in [0.1, 0.15) is 5.88 Å². The highest BCUT2D eigenvalue weighted by Gasteiger charge is 2.02. The van der Waals surface area contributed by atoms with Gasteiger partial charge in [0.25, 0.3) is 0 Å². The number of primary amides is 1. The summed E-state index contributed by atoms with van der Waals surface area (Å²) in [6.07, 6.45) is 0. The van der Waals surface area contributed by atoms with Crippen LogP contribution < -0.4 is 11.1 Å². The molecule has 0 bridgehead atoms. The summed E-state index contributed by atoms with van der Waals surface area (Å²) in [6.45, 7) is 0.340. The summed E-state index contributed by atoms with van der Waals surface area (Å²) >= 11 is 5.31. The fourth-order valence-electron chi connectivity index (χ4n) is 1.08. The molecule has 4 nitrogen and oxygen atoms in total. The third kappa shape index (κ3) is 3.59. The molecule has 0 aliphatic carbocycles. The molecular weight excluding hydrogens is 216 g/mol. The third-order valence-corrected chi connectivity index (χ3v) is 2.07. The van der Waals surface area contributed by atoms with Crippen LogP contribution in [0.5, 0.6) is 0 Å². The van der Waals surface area contributed by atoms with E-state index in [2.05, 4.69) is 5.32 Å². The van der Waals surface area contributed by atoms with Crippen LogP contribution in [-0.4, -0.2) is 17.7 Å². The second kappa shape index (κ2) is 5.36. The SMILES string of the molecule is NC(=O)c1cccc(CNC(=O)CCl)c1. The van der Waals surface area contributed by atoms with Gasteiger partial charge in [-0.1, -0.05) is 12.1 Å². The van der Waals surface area contributed by atoms with Gasteiger partial charge in [0.15, 0.2) is 0 Å². The van der Waals surface area contributed by atoms with Crippen molar-refractivity contribution in [2.45, 2.75) is 6.54 Å². The molecule has 0 atom stereocenters. The summed E-state index contributed by atoms with van der Waals surface area (Å²) in [5.74, 6) is -0.808. The first kappa shape index (κ1) is 11.5. The highest BCUT2D eigenvalue weighted by atomic mass is 35.5. The van der Waals surface area contributed by atoms with E-state index in [9.17, 15) is 9.59 Å². The second-order valence-electron chi connectivity index (χ2n) is 2.97. The molecule has 0 aromatic heterocycles. The Hall–Kier alpha value is -1.55. The summed E-state index contributed by atoms with van der Waals surface area (Å²) < 4.78 is 0. The molecule has 80 valence electrons. The lowest BCUT2D eigenvalue weighted by molar-refractivity contribution is -0.118. The Kier molecular flexibility index (Phi) is 4.12. The number of rotatable bonds is 4. The van der Waals surface area contributed by atoms with E-state index < -0.39 is 5.91 Å². The summed E-state index contributed by atoms with van der Waals surface area (Å²) in [5.41, 5.74) is 6.35. The zero-order valence-corrected chi connectivity index (χ0v) is 8.75. The third-order valence-electron chi connectivity index (χ3n) is 1.82. The number of hydrogen-bond acceptors (Lipinski definition) is 2. The minimum Gasteiger partial charge on any atom is -0.366 e. The molecule has 0 fully saturated rings. The molecule has 0 saturated carbocycles. The maximum Gasteiger partial charge on any atom is 0.248 e. The molecule has 0 heterocycles. The van der Waals surface area contributed by atoms with Gasteiger partial charge in [-0.05, 0) is 17.7 Å². The minimum atomic E-state index is -0.486. The fraction of sp³-hybridized carbons (Fsp3) is 0.200. The predicted octanol–water partition coefficient (Wildman–Crippen LogP) is 0.640. The molecule has 1 aromatic carbocycles. The molecule has 0 spiro atoms. The van der Waals surface area contributed by atoms with Crippen LogP contribution >= 0.6 is 11.6 Å². The first-order valence-corrected chi connectivity index (χ1v) is 4.88. The summed E-state index contributed by atoms with van der Waals surface area (Å²) in [5, 5.41) is 2.59. The van der Waals surface area contributed by atoms with Gasteiger partial charge in [-0.2, -0.15) is 0 Å². The molecule has 0 aliphatic heterocycles. The fourth-order valence-corrected chi connectivity index (χ4v) is 1.18. The largest absolute Gasteiger partial charge is 0.366 e. The van der Waals surface area contributed by atoms with Crippen LogP contribution in [0.25, 0.3) is 0 Å². The van der Waals surface area contributed by atoms with Crippen LogP contribution in [-0.2, 0) is 11.3 Å². The topological polar surface area (TPSA) is 72.2 Å². The van der Waals surface area contributed by atoms with Gasteiger partial charge in [0, 0.05) is 12.1 Å². The van der Waals surface area contributed by atoms with E-state index in [1.165, 1.54) is 0 Å². The number of alkyl halides is 1. The van der Waals surface area contributed by atoms with Crippen LogP contribution in [0.1, 0.15) is 15.9 Å². The Balaban J connectivity index is 2.66. The summed E-state index contributed by atoms with van der Waals surface area (Å²) in [6, 6.07) is 6.76. The van der Waals surface area contributed by atoms with Crippen LogP contribution in [0.2, 0.25) is 0 Å². The zero-order chi connectivity index (χ0) is 11.3. The predicted molar refractivity (Wildman–Crippen MR) is 57.5 cm³/mol. The number of benzene rings is 1. The van der Waals surface area contributed by atoms with Crippen molar-refractivity contribution in [3.63, 3.8) is 0 Å². The van der Waals surface area contributed by atoms with Gasteiger partial charge in [-0.3, -0.25) is 9.59 Å². The van der Waals surface area contributed by atoms with Crippen molar-refractivity contribution in [1.82, 2.24) is 5.32 Å². The van der Waals surface area contributed by atoms with E-state index in [0.717, 1.165) is 5.56 Å². The van der Waals surface area contributed by atoms with Crippen molar-refractivity contribution in [3.05, 3.63) is 35.4 Å². The van der Waals surface area contributed by atoms with Crippen molar-refractivity contribution in [2.75, 3.05) is 5.88 Å². The van der Waals surface area contributed by atoms with E-state index in [1.54, 1.807) is 24.3 Å². The van der Waals surface area contributed by atoms with Crippen molar-refractivity contribution in [3.8, 4) is 0 Å². The number of carbonyl (C=O) groups is 2.